The molecule has 0 unspecified atom stereocenters. The largest absolute Gasteiger partial charge is 0.444 e. The van der Waals surface area contributed by atoms with Crippen LogP contribution in [0.4, 0.5) is 18.9 Å². The fourth-order valence-electron chi connectivity index (χ4n) is 0.878. The number of alkyl halides is 3. The highest BCUT2D eigenvalue weighted by atomic mass is 79.9. The van der Waals surface area contributed by atoms with Gasteiger partial charge < -0.3 is 0 Å². The minimum atomic E-state index is -4.61. The molecule has 0 aliphatic carbocycles. The van der Waals surface area contributed by atoms with Gasteiger partial charge in [-0.1, -0.05) is 17.7 Å². The zero-order valence-corrected chi connectivity index (χ0v) is 9.91. The van der Waals surface area contributed by atoms with Crippen molar-refractivity contribution in [2.75, 3.05) is 0 Å². The van der Waals surface area contributed by atoms with Crippen molar-refractivity contribution >= 4 is 38.4 Å². The lowest BCUT2D eigenvalue weighted by Crippen LogP contribution is -2.16. The van der Waals surface area contributed by atoms with Gasteiger partial charge in [0.05, 0.1) is 5.69 Å². The Morgan fingerprint density at radius 2 is 2.00 bits per heavy atom. The molecule has 0 saturated heterocycles. The first-order valence-electron chi connectivity index (χ1n) is 3.88. The molecule has 15 heavy (non-hydrogen) atoms. The van der Waals surface area contributed by atoms with Crippen LogP contribution in [0.2, 0.25) is 0 Å². The SMILES string of the molecule is Cc1ccc(Br)c(N=C(Cl)C(F)(F)F)c1. The molecule has 1 aromatic carbocycles. The predicted molar refractivity (Wildman–Crippen MR) is 57.9 cm³/mol. The van der Waals surface area contributed by atoms with Crippen molar-refractivity contribution in [3.05, 3.63) is 28.2 Å². The van der Waals surface area contributed by atoms with E-state index in [9.17, 15) is 13.2 Å². The zero-order valence-electron chi connectivity index (χ0n) is 7.57. The number of halogens is 5. The Kier molecular flexibility index (Phi) is 3.78. The molecule has 6 heteroatoms. The lowest BCUT2D eigenvalue weighted by molar-refractivity contribution is -0.0558. The van der Waals surface area contributed by atoms with Crippen LogP contribution in [0, 0.1) is 6.92 Å². The third kappa shape index (κ3) is 3.50. The van der Waals surface area contributed by atoms with E-state index in [-0.39, 0.29) is 5.69 Å². The Morgan fingerprint density at radius 1 is 1.40 bits per heavy atom. The summed E-state index contributed by atoms with van der Waals surface area (Å²) in [4.78, 5) is 3.30. The number of nitrogens with zero attached hydrogens (tertiary/aromatic N) is 1. The van der Waals surface area contributed by atoms with E-state index in [0.29, 0.717) is 4.47 Å². The van der Waals surface area contributed by atoms with Crippen molar-refractivity contribution in [3.63, 3.8) is 0 Å². The molecule has 0 atom stereocenters. The fraction of sp³-hybridized carbons (Fsp3) is 0.222. The van der Waals surface area contributed by atoms with E-state index in [1.165, 1.54) is 6.07 Å². The Bertz CT molecular complexity index is 401. The van der Waals surface area contributed by atoms with E-state index >= 15 is 0 Å². The van der Waals surface area contributed by atoms with E-state index in [0.717, 1.165) is 5.56 Å². The molecule has 0 aliphatic rings. The summed E-state index contributed by atoms with van der Waals surface area (Å²) in [6, 6.07) is 4.89. The third-order valence-electron chi connectivity index (χ3n) is 1.55. The molecule has 1 nitrogen and oxygen atoms in total. The molecule has 0 heterocycles. The van der Waals surface area contributed by atoms with Crippen molar-refractivity contribution in [2.45, 2.75) is 13.1 Å². The molecule has 0 amide bonds. The minimum absolute atomic E-state index is 0.164. The van der Waals surface area contributed by atoms with Crippen LogP contribution in [-0.4, -0.2) is 11.3 Å². The van der Waals surface area contributed by atoms with Crippen LogP contribution in [0.25, 0.3) is 0 Å². The Balaban J connectivity index is 3.13. The lowest BCUT2D eigenvalue weighted by Gasteiger charge is -2.04. The highest BCUT2D eigenvalue weighted by molar-refractivity contribution is 9.10. The van der Waals surface area contributed by atoms with Gasteiger partial charge in [0, 0.05) is 4.47 Å². The van der Waals surface area contributed by atoms with E-state index in [1.807, 2.05) is 0 Å². The molecule has 0 fully saturated rings. The van der Waals surface area contributed by atoms with Gasteiger partial charge in [-0.3, -0.25) is 0 Å². The first-order chi connectivity index (χ1) is 6.80. The lowest BCUT2D eigenvalue weighted by atomic mass is 10.2. The second-order valence-electron chi connectivity index (χ2n) is 2.86. The van der Waals surface area contributed by atoms with Crippen LogP contribution >= 0.6 is 27.5 Å². The molecule has 0 N–H and O–H groups in total. The summed E-state index contributed by atoms with van der Waals surface area (Å²) in [6.07, 6.45) is -4.61. The van der Waals surface area contributed by atoms with Crippen LogP contribution in [0.5, 0.6) is 0 Å². The normalized spacial score (nSPS) is 13.1. The zero-order chi connectivity index (χ0) is 11.6. The maximum Gasteiger partial charge on any atom is 0.444 e. The number of rotatable bonds is 1. The number of aryl methyl sites for hydroxylation is 1. The smallest absolute Gasteiger partial charge is 0.231 e. The topological polar surface area (TPSA) is 12.4 Å². The Labute approximate surface area is 98.1 Å². The molecule has 0 spiro atoms. The van der Waals surface area contributed by atoms with Crippen molar-refractivity contribution in [1.29, 1.82) is 0 Å². The molecule has 0 aromatic heterocycles. The Hall–Kier alpha value is -0.550. The standard InChI is InChI=1S/C9H6BrClF3N/c1-5-2-3-6(10)7(4-5)15-8(11)9(12,13)14/h2-4H,1H3. The number of hydrogen-bond donors (Lipinski definition) is 0. The summed E-state index contributed by atoms with van der Waals surface area (Å²) in [5, 5.41) is -1.38. The number of benzene rings is 1. The van der Waals surface area contributed by atoms with Crippen molar-refractivity contribution in [1.82, 2.24) is 0 Å². The van der Waals surface area contributed by atoms with E-state index in [4.69, 9.17) is 11.6 Å². The molecular formula is C9H6BrClF3N. The number of aliphatic imine (C=N–C) groups is 1. The van der Waals surface area contributed by atoms with Crippen LogP contribution in [0.1, 0.15) is 5.56 Å². The van der Waals surface area contributed by atoms with E-state index < -0.39 is 11.3 Å². The maximum absolute atomic E-state index is 12.1. The van der Waals surface area contributed by atoms with Crippen molar-refractivity contribution in [2.24, 2.45) is 4.99 Å². The molecular weight excluding hydrogens is 294 g/mol. The summed E-state index contributed by atoms with van der Waals surface area (Å²) in [7, 11) is 0. The summed E-state index contributed by atoms with van der Waals surface area (Å²) in [6.45, 7) is 1.76. The van der Waals surface area contributed by atoms with Crippen LogP contribution in [0.15, 0.2) is 27.7 Å². The average Bonchev–Trinajstić information content (AvgIpc) is 2.09. The molecule has 82 valence electrons. The van der Waals surface area contributed by atoms with Gasteiger partial charge >= 0.3 is 6.18 Å². The van der Waals surface area contributed by atoms with Gasteiger partial charge in [0.1, 0.15) is 0 Å². The average molecular weight is 301 g/mol. The van der Waals surface area contributed by atoms with Crippen LogP contribution in [-0.2, 0) is 0 Å². The first-order valence-corrected chi connectivity index (χ1v) is 5.05. The van der Waals surface area contributed by atoms with Crippen molar-refractivity contribution in [3.8, 4) is 0 Å². The summed E-state index contributed by atoms with van der Waals surface area (Å²) >= 11 is 8.11. The second kappa shape index (κ2) is 4.53. The molecule has 0 aliphatic heterocycles. The summed E-state index contributed by atoms with van der Waals surface area (Å²) < 4.78 is 36.7. The molecule has 0 radical (unpaired) electrons. The maximum atomic E-state index is 12.1. The Morgan fingerprint density at radius 3 is 2.53 bits per heavy atom. The van der Waals surface area contributed by atoms with Crippen molar-refractivity contribution < 1.29 is 13.2 Å². The van der Waals surface area contributed by atoms with Gasteiger partial charge in [-0.05, 0) is 40.5 Å². The molecule has 1 rings (SSSR count). The molecule has 0 saturated carbocycles. The van der Waals surface area contributed by atoms with Crippen LogP contribution < -0.4 is 0 Å². The van der Waals surface area contributed by atoms with Gasteiger partial charge in [-0.25, -0.2) is 4.99 Å². The van der Waals surface area contributed by atoms with Gasteiger partial charge in [-0.2, -0.15) is 13.2 Å². The molecule has 0 bridgehead atoms. The second-order valence-corrected chi connectivity index (χ2v) is 4.07. The first kappa shape index (κ1) is 12.5. The molecule has 1 aromatic rings. The fourth-order valence-corrected chi connectivity index (χ4v) is 1.30. The monoisotopic (exact) mass is 299 g/mol. The minimum Gasteiger partial charge on any atom is -0.231 e. The predicted octanol–water partition coefficient (Wildman–Crippen LogP) is 4.59. The summed E-state index contributed by atoms with van der Waals surface area (Å²) in [5.41, 5.74) is 0.973. The van der Waals surface area contributed by atoms with Gasteiger partial charge in [0.2, 0.25) is 5.17 Å². The van der Waals surface area contributed by atoms with Gasteiger partial charge in [0.15, 0.2) is 0 Å². The van der Waals surface area contributed by atoms with Gasteiger partial charge in [0.25, 0.3) is 0 Å². The van der Waals surface area contributed by atoms with E-state index in [2.05, 4.69) is 20.9 Å². The van der Waals surface area contributed by atoms with Gasteiger partial charge in [-0.15, -0.1) is 0 Å². The summed E-state index contributed by atoms with van der Waals surface area (Å²) in [5.74, 6) is 0. The quantitative estimate of drug-likeness (QED) is 0.673. The highest BCUT2D eigenvalue weighted by Gasteiger charge is 2.34. The van der Waals surface area contributed by atoms with E-state index in [1.54, 1.807) is 19.1 Å². The number of hydrogen-bond acceptors (Lipinski definition) is 1. The third-order valence-corrected chi connectivity index (χ3v) is 2.52. The van der Waals surface area contributed by atoms with Crippen LogP contribution in [0.3, 0.4) is 0 Å². The highest BCUT2D eigenvalue weighted by Crippen LogP contribution is 2.29.